The number of nitrogens with one attached hydrogen (secondary N) is 1. The van der Waals surface area contributed by atoms with Gasteiger partial charge < -0.3 is 5.32 Å². The molecule has 0 aliphatic carbocycles. The van der Waals surface area contributed by atoms with Crippen molar-refractivity contribution in [3.8, 4) is 0 Å². The van der Waals surface area contributed by atoms with Crippen molar-refractivity contribution < 1.29 is 0 Å². The molecular weight excluding hydrogens is 244 g/mol. The summed E-state index contributed by atoms with van der Waals surface area (Å²) in [6.45, 7) is 7.26. The minimum Gasteiger partial charge on any atom is -0.385 e. The molecule has 0 atom stereocenters. The van der Waals surface area contributed by atoms with Crippen LogP contribution in [0.1, 0.15) is 31.5 Å². The summed E-state index contributed by atoms with van der Waals surface area (Å²) < 4.78 is 0. The Morgan fingerprint density at radius 2 is 2.06 bits per heavy atom. The second-order valence-corrected chi connectivity index (χ2v) is 4.94. The highest BCUT2D eigenvalue weighted by Crippen LogP contribution is 2.31. The van der Waals surface area contributed by atoms with Gasteiger partial charge in [0.15, 0.2) is 0 Å². The van der Waals surface area contributed by atoms with Crippen molar-refractivity contribution in [1.29, 1.82) is 0 Å². The van der Waals surface area contributed by atoms with Crippen LogP contribution >= 0.6 is 11.6 Å². The minimum atomic E-state index is 0.729. The first-order valence-corrected chi connectivity index (χ1v) is 6.87. The van der Waals surface area contributed by atoms with Crippen LogP contribution in [0.25, 0.3) is 10.9 Å². The Morgan fingerprint density at radius 3 is 2.72 bits per heavy atom. The van der Waals surface area contributed by atoms with Gasteiger partial charge in [0.05, 0.1) is 10.5 Å². The van der Waals surface area contributed by atoms with Gasteiger partial charge in [-0.25, -0.2) is 0 Å². The number of hydrogen-bond acceptors (Lipinski definition) is 2. The average Bonchev–Trinajstić information content (AvgIpc) is 2.34. The molecule has 2 aromatic rings. The molecule has 3 heteroatoms. The summed E-state index contributed by atoms with van der Waals surface area (Å²) in [5.41, 5.74) is 4.37. The van der Waals surface area contributed by atoms with Crippen LogP contribution in [-0.2, 0) is 6.42 Å². The molecule has 2 nitrogen and oxygen atoms in total. The van der Waals surface area contributed by atoms with Crippen LogP contribution in [0.3, 0.4) is 0 Å². The predicted octanol–water partition coefficient (Wildman–Crippen LogP) is 4.58. The lowest BCUT2D eigenvalue weighted by Crippen LogP contribution is -2.02. The molecule has 96 valence electrons. The standard InChI is InChI=1S/C15H19ClN2/c1-4-6-11-9-13(17-5-2)14-10(3)7-8-12(16)15(14)18-11/h7-9H,4-6H2,1-3H3,(H,17,18). The molecule has 1 aromatic heterocycles. The molecule has 0 radical (unpaired) electrons. The molecule has 1 aromatic carbocycles. The van der Waals surface area contributed by atoms with Crippen LogP contribution in [0.5, 0.6) is 0 Å². The second kappa shape index (κ2) is 5.57. The van der Waals surface area contributed by atoms with Gasteiger partial charge >= 0.3 is 0 Å². The third-order valence-electron chi connectivity index (χ3n) is 3.05. The number of aryl methyl sites for hydroxylation is 2. The van der Waals surface area contributed by atoms with E-state index >= 15 is 0 Å². The van der Waals surface area contributed by atoms with Gasteiger partial charge in [0, 0.05) is 23.3 Å². The van der Waals surface area contributed by atoms with E-state index in [2.05, 4.69) is 32.2 Å². The number of halogens is 1. The Labute approximate surface area is 113 Å². The van der Waals surface area contributed by atoms with Crippen molar-refractivity contribution in [3.05, 3.63) is 34.5 Å². The zero-order valence-electron chi connectivity index (χ0n) is 11.2. The van der Waals surface area contributed by atoms with E-state index in [0.29, 0.717) is 0 Å². The normalized spacial score (nSPS) is 10.9. The summed E-state index contributed by atoms with van der Waals surface area (Å²) >= 11 is 6.28. The number of nitrogens with zero attached hydrogens (tertiary/aromatic N) is 1. The maximum Gasteiger partial charge on any atom is 0.0914 e. The van der Waals surface area contributed by atoms with E-state index in [-0.39, 0.29) is 0 Å². The fraction of sp³-hybridized carbons (Fsp3) is 0.400. The third-order valence-corrected chi connectivity index (χ3v) is 3.35. The van der Waals surface area contributed by atoms with Crippen molar-refractivity contribution in [3.63, 3.8) is 0 Å². The Morgan fingerprint density at radius 1 is 1.28 bits per heavy atom. The number of rotatable bonds is 4. The zero-order valence-corrected chi connectivity index (χ0v) is 11.9. The van der Waals surface area contributed by atoms with Gasteiger partial charge in [-0.3, -0.25) is 4.98 Å². The van der Waals surface area contributed by atoms with E-state index in [0.717, 1.165) is 46.7 Å². The number of benzene rings is 1. The first-order valence-electron chi connectivity index (χ1n) is 6.50. The molecule has 0 saturated heterocycles. The van der Waals surface area contributed by atoms with Gasteiger partial charge in [-0.15, -0.1) is 0 Å². The lowest BCUT2D eigenvalue weighted by molar-refractivity contribution is 0.889. The Hall–Kier alpha value is -1.28. The van der Waals surface area contributed by atoms with E-state index in [1.54, 1.807) is 0 Å². The summed E-state index contributed by atoms with van der Waals surface area (Å²) in [5, 5.41) is 5.29. The van der Waals surface area contributed by atoms with E-state index in [9.17, 15) is 0 Å². The van der Waals surface area contributed by atoms with Crippen molar-refractivity contribution in [2.45, 2.75) is 33.6 Å². The fourth-order valence-corrected chi connectivity index (χ4v) is 2.44. The van der Waals surface area contributed by atoms with E-state index in [4.69, 9.17) is 16.6 Å². The zero-order chi connectivity index (χ0) is 13.1. The number of anilines is 1. The van der Waals surface area contributed by atoms with Crippen LogP contribution < -0.4 is 5.32 Å². The van der Waals surface area contributed by atoms with Crippen molar-refractivity contribution in [2.75, 3.05) is 11.9 Å². The van der Waals surface area contributed by atoms with Crippen LogP contribution in [-0.4, -0.2) is 11.5 Å². The molecule has 0 aliphatic rings. The molecule has 0 amide bonds. The van der Waals surface area contributed by atoms with Crippen LogP contribution in [0.4, 0.5) is 5.69 Å². The van der Waals surface area contributed by atoms with Gasteiger partial charge in [0.2, 0.25) is 0 Å². The highest BCUT2D eigenvalue weighted by molar-refractivity contribution is 6.35. The first-order chi connectivity index (χ1) is 8.67. The second-order valence-electron chi connectivity index (χ2n) is 4.53. The van der Waals surface area contributed by atoms with Crippen LogP contribution in [0.15, 0.2) is 18.2 Å². The highest BCUT2D eigenvalue weighted by atomic mass is 35.5. The lowest BCUT2D eigenvalue weighted by Gasteiger charge is -2.13. The average molecular weight is 263 g/mol. The van der Waals surface area contributed by atoms with Crippen molar-refractivity contribution >= 4 is 28.2 Å². The summed E-state index contributed by atoms with van der Waals surface area (Å²) in [5.74, 6) is 0. The largest absolute Gasteiger partial charge is 0.385 e. The molecule has 0 unspecified atom stereocenters. The summed E-state index contributed by atoms with van der Waals surface area (Å²) in [6.07, 6.45) is 2.08. The van der Waals surface area contributed by atoms with Gasteiger partial charge in [0.1, 0.15) is 0 Å². The number of fused-ring (bicyclic) bond motifs is 1. The van der Waals surface area contributed by atoms with Gasteiger partial charge in [-0.05, 0) is 38.0 Å². The maximum atomic E-state index is 6.28. The topological polar surface area (TPSA) is 24.9 Å². The third kappa shape index (κ3) is 2.44. The van der Waals surface area contributed by atoms with Crippen LogP contribution in [0.2, 0.25) is 5.02 Å². The Kier molecular flexibility index (Phi) is 4.07. The molecule has 1 heterocycles. The molecule has 0 bridgehead atoms. The van der Waals surface area contributed by atoms with Crippen molar-refractivity contribution in [2.24, 2.45) is 0 Å². The summed E-state index contributed by atoms with van der Waals surface area (Å²) in [4.78, 5) is 4.70. The quantitative estimate of drug-likeness (QED) is 0.872. The molecule has 0 fully saturated rings. The summed E-state index contributed by atoms with van der Waals surface area (Å²) in [7, 11) is 0. The van der Waals surface area contributed by atoms with Gasteiger partial charge in [-0.1, -0.05) is 31.0 Å². The molecule has 1 N–H and O–H groups in total. The van der Waals surface area contributed by atoms with Crippen molar-refractivity contribution in [1.82, 2.24) is 4.98 Å². The van der Waals surface area contributed by atoms with Gasteiger partial charge in [-0.2, -0.15) is 0 Å². The van der Waals surface area contributed by atoms with Crippen LogP contribution in [0, 0.1) is 6.92 Å². The summed E-state index contributed by atoms with van der Waals surface area (Å²) in [6, 6.07) is 6.13. The molecule has 0 aliphatic heterocycles. The molecule has 0 saturated carbocycles. The first kappa shape index (κ1) is 13.2. The Balaban J connectivity index is 2.72. The molecular formula is C15H19ClN2. The minimum absolute atomic E-state index is 0.729. The predicted molar refractivity (Wildman–Crippen MR) is 79.6 cm³/mol. The molecule has 2 rings (SSSR count). The fourth-order valence-electron chi connectivity index (χ4n) is 2.24. The lowest BCUT2D eigenvalue weighted by atomic mass is 10.1. The Bertz CT molecular complexity index is 564. The van der Waals surface area contributed by atoms with E-state index < -0.39 is 0 Å². The monoisotopic (exact) mass is 262 g/mol. The number of hydrogen-bond donors (Lipinski definition) is 1. The molecule has 18 heavy (non-hydrogen) atoms. The van der Waals surface area contributed by atoms with E-state index in [1.165, 1.54) is 5.56 Å². The highest BCUT2D eigenvalue weighted by Gasteiger charge is 2.10. The molecule has 0 spiro atoms. The smallest absolute Gasteiger partial charge is 0.0914 e. The SMILES string of the molecule is CCCc1cc(NCC)c2c(C)ccc(Cl)c2n1. The van der Waals surface area contributed by atoms with E-state index in [1.807, 2.05) is 12.1 Å². The van der Waals surface area contributed by atoms with Gasteiger partial charge in [0.25, 0.3) is 0 Å². The number of pyridine rings is 1. The number of aromatic nitrogens is 1. The maximum absolute atomic E-state index is 6.28.